The number of aromatic nitrogens is 2. The molecular formula is C18H23N5O2. The van der Waals surface area contributed by atoms with Gasteiger partial charge in [0.25, 0.3) is 0 Å². The summed E-state index contributed by atoms with van der Waals surface area (Å²) in [6, 6.07) is 8.60. The topological polar surface area (TPSA) is 103 Å². The molecule has 0 saturated carbocycles. The maximum absolute atomic E-state index is 12.1. The number of hydrogen-bond donors (Lipinski definition) is 3. The average molecular weight is 341 g/mol. The number of nitriles is 1. The van der Waals surface area contributed by atoms with Crippen LogP contribution in [0.1, 0.15) is 37.7 Å². The van der Waals surface area contributed by atoms with Crippen molar-refractivity contribution in [1.82, 2.24) is 15.5 Å². The molecule has 0 spiro atoms. The molecule has 3 N–H and O–H groups in total. The molecule has 1 atom stereocenters. The second-order valence-electron chi connectivity index (χ2n) is 6.24. The molecule has 0 aliphatic heterocycles. The van der Waals surface area contributed by atoms with Gasteiger partial charge in [-0.1, -0.05) is 0 Å². The first-order valence-electron chi connectivity index (χ1n) is 8.16. The van der Waals surface area contributed by atoms with E-state index in [0.717, 1.165) is 11.4 Å². The third kappa shape index (κ3) is 5.53. The summed E-state index contributed by atoms with van der Waals surface area (Å²) in [4.78, 5) is 12.1. The molecule has 2 amide bonds. The Labute approximate surface area is 147 Å². The highest BCUT2D eigenvalue weighted by Gasteiger charge is 2.12. The summed E-state index contributed by atoms with van der Waals surface area (Å²) in [5.74, 6) is 0.505. The lowest BCUT2D eigenvalue weighted by Crippen LogP contribution is -2.37. The van der Waals surface area contributed by atoms with Crippen molar-refractivity contribution in [2.75, 3.05) is 5.32 Å². The summed E-state index contributed by atoms with van der Waals surface area (Å²) in [5, 5.41) is 21.9. The van der Waals surface area contributed by atoms with Gasteiger partial charge in [0.1, 0.15) is 11.8 Å². The van der Waals surface area contributed by atoms with Gasteiger partial charge in [0, 0.05) is 23.8 Å². The lowest BCUT2D eigenvalue weighted by molar-refractivity contribution is 0.241. The number of nitrogens with zero attached hydrogens (tertiary/aromatic N) is 2. The second kappa shape index (κ2) is 8.20. The number of nitrogens with one attached hydrogen (secondary N) is 3. The van der Waals surface area contributed by atoms with Crippen molar-refractivity contribution in [2.24, 2.45) is 0 Å². The maximum atomic E-state index is 12.1. The van der Waals surface area contributed by atoms with Crippen LogP contribution in [0.4, 0.5) is 10.5 Å². The molecule has 2 rings (SSSR count). The predicted octanol–water partition coefficient (Wildman–Crippen LogP) is 3.13. The Morgan fingerprint density at radius 2 is 2.12 bits per heavy atom. The first-order valence-corrected chi connectivity index (χ1v) is 8.16. The van der Waals surface area contributed by atoms with Gasteiger partial charge in [0.05, 0.1) is 17.4 Å². The lowest BCUT2D eigenvalue weighted by atomic mass is 10.2. The number of carbonyl (C=O) groups excluding carboxylic acids is 1. The average Bonchev–Trinajstić information content (AvgIpc) is 2.92. The van der Waals surface area contributed by atoms with Crippen LogP contribution in [0.3, 0.4) is 0 Å². The van der Waals surface area contributed by atoms with Crippen molar-refractivity contribution in [3.05, 3.63) is 41.2 Å². The zero-order valence-electron chi connectivity index (χ0n) is 14.9. The highest BCUT2D eigenvalue weighted by molar-refractivity contribution is 5.89. The highest BCUT2D eigenvalue weighted by Crippen LogP contribution is 2.23. The molecule has 0 saturated heterocycles. The third-order valence-corrected chi connectivity index (χ3v) is 3.37. The molecular weight excluding hydrogens is 318 g/mol. The van der Waals surface area contributed by atoms with Crippen molar-refractivity contribution >= 4 is 11.7 Å². The van der Waals surface area contributed by atoms with Gasteiger partial charge in [-0.3, -0.25) is 5.10 Å². The van der Waals surface area contributed by atoms with Crippen LogP contribution < -0.4 is 15.4 Å². The molecule has 0 bridgehead atoms. The van der Waals surface area contributed by atoms with Gasteiger partial charge in [-0.15, -0.1) is 0 Å². The van der Waals surface area contributed by atoms with Crippen molar-refractivity contribution < 1.29 is 9.53 Å². The molecule has 7 nitrogen and oxygen atoms in total. The molecule has 7 heteroatoms. The minimum atomic E-state index is -0.332. The quantitative estimate of drug-likeness (QED) is 0.751. The summed E-state index contributed by atoms with van der Waals surface area (Å²) in [6.45, 7) is 7.62. The van der Waals surface area contributed by atoms with E-state index in [4.69, 9.17) is 4.74 Å². The normalized spacial score (nSPS) is 11.7. The number of aryl methyl sites for hydroxylation is 1. The van der Waals surface area contributed by atoms with Crippen LogP contribution in [-0.2, 0) is 6.42 Å². The van der Waals surface area contributed by atoms with Crippen molar-refractivity contribution in [3.63, 3.8) is 0 Å². The standard InChI is InChI=1S/C18H23N5O2/c1-11(2)25-17-6-5-15(9-14(17)10-19)21-18(24)20-12(3)7-16-8-13(4)22-23-16/h5-6,8-9,11-12H,7H2,1-4H3,(H,22,23)(H2,20,21,24). The van der Waals surface area contributed by atoms with E-state index in [1.807, 2.05) is 33.8 Å². The number of aromatic amines is 1. The molecule has 1 heterocycles. The molecule has 1 aromatic carbocycles. The van der Waals surface area contributed by atoms with Crippen molar-refractivity contribution in [3.8, 4) is 11.8 Å². The molecule has 132 valence electrons. The Morgan fingerprint density at radius 3 is 2.72 bits per heavy atom. The van der Waals surface area contributed by atoms with Crippen LogP contribution in [0.5, 0.6) is 5.75 Å². The van der Waals surface area contributed by atoms with Gasteiger partial charge in [0.15, 0.2) is 0 Å². The molecule has 0 aliphatic carbocycles. The Balaban J connectivity index is 1.94. The molecule has 25 heavy (non-hydrogen) atoms. The van der Waals surface area contributed by atoms with E-state index in [1.54, 1.807) is 18.2 Å². The number of benzene rings is 1. The van der Waals surface area contributed by atoms with Crippen molar-refractivity contribution in [2.45, 2.75) is 46.3 Å². The smallest absolute Gasteiger partial charge is 0.319 e. The van der Waals surface area contributed by atoms with Gasteiger partial charge < -0.3 is 15.4 Å². The van der Waals surface area contributed by atoms with Gasteiger partial charge in [-0.2, -0.15) is 10.4 Å². The van der Waals surface area contributed by atoms with Crippen LogP contribution in [0.25, 0.3) is 0 Å². The fourth-order valence-electron chi connectivity index (χ4n) is 2.39. The first kappa shape index (κ1) is 18.3. The Morgan fingerprint density at radius 1 is 1.36 bits per heavy atom. The van der Waals surface area contributed by atoms with Gasteiger partial charge in [0.2, 0.25) is 0 Å². The Kier molecular flexibility index (Phi) is 6.01. The van der Waals surface area contributed by atoms with E-state index in [0.29, 0.717) is 23.4 Å². The fraction of sp³-hybridized carbons (Fsp3) is 0.389. The van der Waals surface area contributed by atoms with Crippen LogP contribution in [0.15, 0.2) is 24.3 Å². The maximum Gasteiger partial charge on any atom is 0.319 e. The molecule has 0 radical (unpaired) electrons. The van der Waals surface area contributed by atoms with Gasteiger partial charge in [-0.25, -0.2) is 4.79 Å². The van der Waals surface area contributed by atoms with Crippen LogP contribution in [-0.4, -0.2) is 28.4 Å². The lowest BCUT2D eigenvalue weighted by Gasteiger charge is -2.15. The summed E-state index contributed by atoms with van der Waals surface area (Å²) in [6.07, 6.45) is 0.600. The fourth-order valence-corrected chi connectivity index (χ4v) is 2.39. The molecule has 1 unspecified atom stereocenters. The number of anilines is 1. The minimum Gasteiger partial charge on any atom is -0.490 e. The van der Waals surface area contributed by atoms with E-state index < -0.39 is 0 Å². The van der Waals surface area contributed by atoms with E-state index >= 15 is 0 Å². The van der Waals surface area contributed by atoms with E-state index in [2.05, 4.69) is 26.9 Å². The third-order valence-electron chi connectivity index (χ3n) is 3.37. The predicted molar refractivity (Wildman–Crippen MR) is 95.6 cm³/mol. The zero-order valence-corrected chi connectivity index (χ0v) is 14.9. The summed E-state index contributed by atoms with van der Waals surface area (Å²) in [5.41, 5.74) is 2.80. The number of rotatable bonds is 6. The highest BCUT2D eigenvalue weighted by atomic mass is 16.5. The number of amides is 2. The first-order chi connectivity index (χ1) is 11.9. The van der Waals surface area contributed by atoms with E-state index in [1.165, 1.54) is 0 Å². The number of H-pyrrole nitrogens is 1. The molecule has 0 aliphatic rings. The van der Waals surface area contributed by atoms with Gasteiger partial charge in [-0.05, 0) is 52.0 Å². The van der Waals surface area contributed by atoms with Crippen LogP contribution in [0.2, 0.25) is 0 Å². The zero-order chi connectivity index (χ0) is 18.4. The Bertz CT molecular complexity index is 776. The summed E-state index contributed by atoms with van der Waals surface area (Å²) < 4.78 is 5.57. The summed E-state index contributed by atoms with van der Waals surface area (Å²) >= 11 is 0. The monoisotopic (exact) mass is 341 g/mol. The summed E-state index contributed by atoms with van der Waals surface area (Å²) in [7, 11) is 0. The van der Waals surface area contributed by atoms with E-state index in [-0.39, 0.29) is 18.2 Å². The van der Waals surface area contributed by atoms with Crippen LogP contribution in [0, 0.1) is 18.3 Å². The van der Waals surface area contributed by atoms with Gasteiger partial charge >= 0.3 is 6.03 Å². The number of urea groups is 1. The van der Waals surface area contributed by atoms with Crippen molar-refractivity contribution in [1.29, 1.82) is 5.26 Å². The second-order valence-corrected chi connectivity index (χ2v) is 6.24. The minimum absolute atomic E-state index is 0.0271. The number of carbonyl (C=O) groups is 1. The number of ether oxygens (including phenoxy) is 1. The number of hydrogen-bond acceptors (Lipinski definition) is 4. The molecule has 2 aromatic rings. The largest absolute Gasteiger partial charge is 0.490 e. The van der Waals surface area contributed by atoms with E-state index in [9.17, 15) is 10.1 Å². The SMILES string of the molecule is Cc1cc(CC(C)NC(=O)Nc2ccc(OC(C)C)c(C#N)c2)n[nH]1. The molecule has 0 fully saturated rings. The van der Waals surface area contributed by atoms with Crippen LogP contribution >= 0.6 is 0 Å². The Hall–Kier alpha value is -3.01. The molecule has 1 aromatic heterocycles.